The average molecular weight is 295 g/mol. The molecule has 5 heteroatoms. The first kappa shape index (κ1) is 15.4. The Bertz CT molecular complexity index is 444. The molecule has 4 nitrogen and oxygen atoms in total. The van der Waals surface area contributed by atoms with Gasteiger partial charge in [0.25, 0.3) is 0 Å². The van der Waals surface area contributed by atoms with Crippen molar-refractivity contribution in [1.82, 2.24) is 10.3 Å². The van der Waals surface area contributed by atoms with Gasteiger partial charge in [-0.2, -0.15) is 0 Å². The Balaban J connectivity index is 2.07. The molecular formula is C15H25N3OS. The molecule has 1 aromatic rings. The van der Waals surface area contributed by atoms with Gasteiger partial charge in [-0.3, -0.25) is 4.79 Å². The summed E-state index contributed by atoms with van der Waals surface area (Å²) in [7, 11) is 0. The fourth-order valence-corrected chi connectivity index (χ4v) is 3.67. The van der Waals surface area contributed by atoms with Crippen LogP contribution < -0.4 is 10.6 Å². The molecule has 0 spiro atoms. The molecule has 0 aliphatic carbocycles. The molecule has 0 aromatic carbocycles. The molecule has 1 saturated heterocycles. The second-order valence-corrected chi connectivity index (χ2v) is 6.86. The minimum atomic E-state index is -0.253. The van der Waals surface area contributed by atoms with Crippen LogP contribution >= 0.6 is 11.3 Å². The van der Waals surface area contributed by atoms with E-state index >= 15 is 0 Å². The molecule has 1 aliphatic rings. The van der Waals surface area contributed by atoms with Gasteiger partial charge in [-0.15, -0.1) is 11.3 Å². The van der Waals surface area contributed by atoms with Crippen LogP contribution in [0.15, 0.2) is 5.38 Å². The molecule has 0 bridgehead atoms. The van der Waals surface area contributed by atoms with Gasteiger partial charge in [-0.25, -0.2) is 4.98 Å². The van der Waals surface area contributed by atoms with E-state index in [1.54, 1.807) is 0 Å². The van der Waals surface area contributed by atoms with Crippen molar-refractivity contribution < 1.29 is 4.79 Å². The first-order valence-electron chi connectivity index (χ1n) is 7.55. The molecule has 2 rings (SSSR count). The van der Waals surface area contributed by atoms with Gasteiger partial charge in [-0.05, 0) is 31.7 Å². The van der Waals surface area contributed by atoms with Gasteiger partial charge in [0, 0.05) is 11.9 Å². The maximum atomic E-state index is 12.7. The molecule has 112 valence electrons. The Kier molecular flexibility index (Phi) is 5.16. The number of carbonyl (C=O) groups is 1. The van der Waals surface area contributed by atoms with Crippen LogP contribution in [0.4, 0.5) is 5.13 Å². The zero-order valence-corrected chi connectivity index (χ0v) is 13.5. The van der Waals surface area contributed by atoms with Crippen molar-refractivity contribution in [2.75, 3.05) is 18.4 Å². The number of nitrogens with zero attached hydrogens (tertiary/aromatic N) is 1. The largest absolute Gasteiger partial charge is 0.316 e. The fraction of sp³-hybridized carbons (Fsp3) is 0.733. The van der Waals surface area contributed by atoms with E-state index in [1.807, 2.05) is 5.38 Å². The molecule has 2 heterocycles. The summed E-state index contributed by atoms with van der Waals surface area (Å²) in [6, 6.07) is 0. The molecule has 1 atom stereocenters. The number of piperidine rings is 1. The Morgan fingerprint density at radius 2 is 2.40 bits per heavy atom. The zero-order chi connectivity index (χ0) is 14.6. The van der Waals surface area contributed by atoms with Gasteiger partial charge >= 0.3 is 0 Å². The van der Waals surface area contributed by atoms with Crippen molar-refractivity contribution in [1.29, 1.82) is 0 Å². The molecular weight excluding hydrogens is 270 g/mol. The third-order valence-electron chi connectivity index (χ3n) is 4.02. The summed E-state index contributed by atoms with van der Waals surface area (Å²) in [5.74, 6) is 0.536. The van der Waals surface area contributed by atoms with Gasteiger partial charge in [0.1, 0.15) is 0 Å². The zero-order valence-electron chi connectivity index (χ0n) is 12.7. The second-order valence-electron chi connectivity index (χ2n) is 6.00. The van der Waals surface area contributed by atoms with Crippen LogP contribution in [-0.4, -0.2) is 24.0 Å². The third kappa shape index (κ3) is 3.38. The van der Waals surface area contributed by atoms with E-state index in [4.69, 9.17) is 0 Å². The summed E-state index contributed by atoms with van der Waals surface area (Å²) < 4.78 is 0. The average Bonchev–Trinajstić information content (AvgIpc) is 2.89. The highest BCUT2D eigenvalue weighted by molar-refractivity contribution is 7.13. The molecule has 1 amide bonds. The monoisotopic (exact) mass is 295 g/mol. The molecule has 1 unspecified atom stereocenters. The van der Waals surface area contributed by atoms with Crippen molar-refractivity contribution in [3.05, 3.63) is 11.1 Å². The third-order valence-corrected chi connectivity index (χ3v) is 4.79. The predicted molar refractivity (Wildman–Crippen MR) is 84.3 cm³/mol. The second kappa shape index (κ2) is 6.68. The Labute approximate surface area is 125 Å². The van der Waals surface area contributed by atoms with Crippen LogP contribution in [0.25, 0.3) is 0 Å². The van der Waals surface area contributed by atoms with Crippen LogP contribution in [-0.2, 0) is 4.79 Å². The van der Waals surface area contributed by atoms with E-state index in [0.717, 1.165) is 49.6 Å². The van der Waals surface area contributed by atoms with Crippen LogP contribution in [0.1, 0.15) is 58.1 Å². The molecule has 2 N–H and O–H groups in total. The van der Waals surface area contributed by atoms with E-state index in [2.05, 4.69) is 36.4 Å². The van der Waals surface area contributed by atoms with E-state index in [1.165, 1.54) is 11.3 Å². The SMILES string of the molecule is CCCC1(C(=O)Nc2nc(C(C)C)cs2)CCCNC1. The van der Waals surface area contributed by atoms with Crippen LogP contribution in [0.3, 0.4) is 0 Å². The maximum Gasteiger partial charge on any atom is 0.233 e. The number of anilines is 1. The Morgan fingerprint density at radius 3 is 2.95 bits per heavy atom. The molecule has 0 saturated carbocycles. The minimum absolute atomic E-state index is 0.135. The number of carbonyl (C=O) groups excluding carboxylic acids is 1. The lowest BCUT2D eigenvalue weighted by molar-refractivity contribution is -0.127. The summed E-state index contributed by atoms with van der Waals surface area (Å²) in [6.45, 7) is 8.18. The number of hydrogen-bond acceptors (Lipinski definition) is 4. The lowest BCUT2D eigenvalue weighted by Crippen LogP contribution is -2.48. The van der Waals surface area contributed by atoms with Gasteiger partial charge in [0.2, 0.25) is 5.91 Å². The highest BCUT2D eigenvalue weighted by atomic mass is 32.1. The van der Waals surface area contributed by atoms with Crippen LogP contribution in [0, 0.1) is 5.41 Å². The lowest BCUT2D eigenvalue weighted by Gasteiger charge is -2.35. The number of hydrogen-bond donors (Lipinski definition) is 2. The summed E-state index contributed by atoms with van der Waals surface area (Å²) in [5, 5.41) is 9.18. The smallest absolute Gasteiger partial charge is 0.233 e. The van der Waals surface area contributed by atoms with Crippen LogP contribution in [0.2, 0.25) is 0 Å². The van der Waals surface area contributed by atoms with Gasteiger partial charge in [-0.1, -0.05) is 27.2 Å². The molecule has 1 aliphatic heterocycles. The highest BCUT2D eigenvalue weighted by Gasteiger charge is 2.38. The number of thiazole rings is 1. The first-order valence-corrected chi connectivity index (χ1v) is 8.43. The molecule has 1 fully saturated rings. The topological polar surface area (TPSA) is 54.0 Å². The predicted octanol–water partition coefficient (Wildman–Crippen LogP) is 3.37. The van der Waals surface area contributed by atoms with Crippen molar-refractivity contribution in [2.45, 2.75) is 52.4 Å². The van der Waals surface area contributed by atoms with E-state index < -0.39 is 0 Å². The van der Waals surface area contributed by atoms with Crippen molar-refractivity contribution >= 4 is 22.4 Å². The number of amides is 1. The minimum Gasteiger partial charge on any atom is -0.316 e. The van der Waals surface area contributed by atoms with E-state index in [-0.39, 0.29) is 11.3 Å². The fourth-order valence-electron chi connectivity index (χ4n) is 2.81. The molecule has 20 heavy (non-hydrogen) atoms. The standard InChI is InChI=1S/C15H25N3OS/c1-4-6-15(7-5-8-16-10-15)13(19)18-14-17-12(9-20-14)11(2)3/h9,11,16H,4-8,10H2,1-3H3,(H,17,18,19). The summed E-state index contributed by atoms with van der Waals surface area (Å²) in [6.07, 6.45) is 4.02. The van der Waals surface area contributed by atoms with Gasteiger partial charge in [0.15, 0.2) is 5.13 Å². The molecule has 1 aromatic heterocycles. The molecule has 0 radical (unpaired) electrons. The normalized spacial score (nSPS) is 23.0. The van der Waals surface area contributed by atoms with Crippen molar-refractivity contribution in [3.8, 4) is 0 Å². The van der Waals surface area contributed by atoms with Gasteiger partial charge < -0.3 is 10.6 Å². The quantitative estimate of drug-likeness (QED) is 0.875. The summed E-state index contributed by atoms with van der Waals surface area (Å²) in [5.41, 5.74) is 0.799. The Hall–Kier alpha value is -0.940. The summed E-state index contributed by atoms with van der Waals surface area (Å²) >= 11 is 1.52. The number of nitrogens with one attached hydrogen (secondary N) is 2. The van der Waals surface area contributed by atoms with Crippen molar-refractivity contribution in [2.24, 2.45) is 5.41 Å². The van der Waals surface area contributed by atoms with E-state index in [9.17, 15) is 4.79 Å². The Morgan fingerprint density at radius 1 is 1.60 bits per heavy atom. The summed E-state index contributed by atoms with van der Waals surface area (Å²) in [4.78, 5) is 17.2. The lowest BCUT2D eigenvalue weighted by atomic mass is 9.76. The van der Waals surface area contributed by atoms with Crippen LogP contribution in [0.5, 0.6) is 0 Å². The van der Waals surface area contributed by atoms with E-state index in [0.29, 0.717) is 5.92 Å². The maximum absolute atomic E-state index is 12.7. The highest BCUT2D eigenvalue weighted by Crippen LogP contribution is 2.33. The van der Waals surface area contributed by atoms with Crippen molar-refractivity contribution in [3.63, 3.8) is 0 Å². The number of aromatic nitrogens is 1. The van der Waals surface area contributed by atoms with Gasteiger partial charge in [0.05, 0.1) is 11.1 Å². The number of rotatable bonds is 5. The first-order chi connectivity index (χ1) is 9.57.